The predicted octanol–water partition coefficient (Wildman–Crippen LogP) is 5.64. The van der Waals surface area contributed by atoms with Gasteiger partial charge in [0.25, 0.3) is 0 Å². The van der Waals surface area contributed by atoms with Crippen LogP contribution in [0.2, 0.25) is 5.02 Å². The Morgan fingerprint density at radius 2 is 1.55 bits per heavy atom. The zero-order valence-corrected chi connectivity index (χ0v) is 11.5. The smallest absolute Gasteiger partial charge is 0.0465 e. The van der Waals surface area contributed by atoms with Crippen molar-refractivity contribution >= 4 is 33.3 Å². The molecule has 0 saturated carbocycles. The predicted molar refractivity (Wildman–Crippen MR) is 86.3 cm³/mol. The van der Waals surface area contributed by atoms with Gasteiger partial charge in [0.1, 0.15) is 0 Å². The molecule has 96 valence electrons. The summed E-state index contributed by atoms with van der Waals surface area (Å²) < 4.78 is 0. The van der Waals surface area contributed by atoms with E-state index in [4.69, 9.17) is 11.6 Å². The van der Waals surface area contributed by atoms with Gasteiger partial charge in [0.15, 0.2) is 0 Å². The summed E-state index contributed by atoms with van der Waals surface area (Å²) in [7, 11) is 0. The van der Waals surface area contributed by atoms with Crippen LogP contribution in [0.25, 0.3) is 32.9 Å². The summed E-state index contributed by atoms with van der Waals surface area (Å²) >= 11 is 5.95. The molecule has 1 heterocycles. The Kier molecular flexibility index (Phi) is 2.54. The maximum atomic E-state index is 5.95. The van der Waals surface area contributed by atoms with Crippen molar-refractivity contribution in [1.29, 1.82) is 0 Å². The van der Waals surface area contributed by atoms with Gasteiger partial charge in [-0.3, -0.25) is 0 Å². The fourth-order valence-corrected chi connectivity index (χ4v) is 2.80. The highest BCUT2D eigenvalue weighted by Crippen LogP contribution is 2.30. The maximum absolute atomic E-state index is 5.95. The van der Waals surface area contributed by atoms with Crippen molar-refractivity contribution in [3.63, 3.8) is 0 Å². The molecule has 3 aromatic carbocycles. The van der Waals surface area contributed by atoms with Crippen LogP contribution >= 0.6 is 11.6 Å². The van der Waals surface area contributed by atoms with E-state index in [1.54, 1.807) is 0 Å². The van der Waals surface area contributed by atoms with Gasteiger partial charge in [-0.2, -0.15) is 0 Å². The van der Waals surface area contributed by atoms with E-state index >= 15 is 0 Å². The first kappa shape index (κ1) is 11.6. The molecule has 0 aliphatic carbocycles. The van der Waals surface area contributed by atoms with Gasteiger partial charge in [-0.25, -0.2) is 0 Å². The SMILES string of the molecule is Clc1ccc(-c2cc3c(ccc4ccccc43)[nH]2)cc1. The largest absolute Gasteiger partial charge is 0.355 e. The van der Waals surface area contributed by atoms with Crippen LogP contribution in [0.5, 0.6) is 0 Å². The van der Waals surface area contributed by atoms with Crippen LogP contribution < -0.4 is 0 Å². The summed E-state index contributed by atoms with van der Waals surface area (Å²) in [6.45, 7) is 0. The van der Waals surface area contributed by atoms with Gasteiger partial charge in [0.05, 0.1) is 0 Å². The molecule has 0 amide bonds. The second kappa shape index (κ2) is 4.39. The first-order valence-electron chi connectivity index (χ1n) is 6.58. The van der Waals surface area contributed by atoms with Gasteiger partial charge in [0, 0.05) is 21.6 Å². The number of hydrogen-bond acceptors (Lipinski definition) is 0. The van der Waals surface area contributed by atoms with E-state index in [-0.39, 0.29) is 0 Å². The van der Waals surface area contributed by atoms with E-state index in [0.717, 1.165) is 21.8 Å². The van der Waals surface area contributed by atoms with Crippen molar-refractivity contribution in [3.05, 3.63) is 71.8 Å². The lowest BCUT2D eigenvalue weighted by atomic mass is 10.1. The minimum Gasteiger partial charge on any atom is -0.355 e. The normalized spacial score (nSPS) is 11.2. The lowest BCUT2D eigenvalue weighted by Crippen LogP contribution is -1.75. The van der Waals surface area contributed by atoms with E-state index < -0.39 is 0 Å². The average Bonchev–Trinajstić information content (AvgIpc) is 2.92. The zero-order valence-electron chi connectivity index (χ0n) is 10.7. The Labute approximate surface area is 121 Å². The van der Waals surface area contributed by atoms with Gasteiger partial charge >= 0.3 is 0 Å². The number of fused-ring (bicyclic) bond motifs is 3. The highest BCUT2D eigenvalue weighted by Gasteiger charge is 2.06. The summed E-state index contributed by atoms with van der Waals surface area (Å²) in [4.78, 5) is 3.48. The van der Waals surface area contributed by atoms with Gasteiger partial charge in [-0.05, 0) is 40.6 Å². The molecule has 0 fully saturated rings. The number of hydrogen-bond donors (Lipinski definition) is 1. The molecule has 2 heteroatoms. The molecule has 1 N–H and O–H groups in total. The number of nitrogens with one attached hydrogen (secondary N) is 1. The van der Waals surface area contributed by atoms with Crippen molar-refractivity contribution in [2.75, 3.05) is 0 Å². The minimum absolute atomic E-state index is 0.760. The van der Waals surface area contributed by atoms with Gasteiger partial charge < -0.3 is 4.98 Å². The number of aromatic amines is 1. The van der Waals surface area contributed by atoms with Gasteiger partial charge in [0.2, 0.25) is 0 Å². The molecular formula is C18H12ClN. The van der Waals surface area contributed by atoms with Crippen LogP contribution in [0.4, 0.5) is 0 Å². The van der Waals surface area contributed by atoms with Crippen LogP contribution in [-0.4, -0.2) is 4.98 Å². The summed E-state index contributed by atoms with van der Waals surface area (Å²) in [5.41, 5.74) is 3.43. The van der Waals surface area contributed by atoms with Crippen molar-refractivity contribution < 1.29 is 0 Å². The van der Waals surface area contributed by atoms with E-state index in [1.165, 1.54) is 16.2 Å². The average molecular weight is 278 g/mol. The van der Waals surface area contributed by atoms with E-state index in [0.29, 0.717) is 0 Å². The first-order valence-corrected chi connectivity index (χ1v) is 6.95. The number of aromatic nitrogens is 1. The zero-order chi connectivity index (χ0) is 13.5. The molecule has 20 heavy (non-hydrogen) atoms. The highest BCUT2D eigenvalue weighted by atomic mass is 35.5. The van der Waals surface area contributed by atoms with E-state index in [2.05, 4.69) is 47.4 Å². The van der Waals surface area contributed by atoms with Gasteiger partial charge in [-0.1, -0.05) is 54.1 Å². The Balaban J connectivity index is 1.98. The quantitative estimate of drug-likeness (QED) is 0.463. The molecule has 0 atom stereocenters. The second-order valence-electron chi connectivity index (χ2n) is 4.94. The molecule has 0 radical (unpaired) electrons. The molecule has 0 bridgehead atoms. The van der Waals surface area contributed by atoms with Gasteiger partial charge in [-0.15, -0.1) is 0 Å². The molecule has 1 nitrogen and oxygen atoms in total. The number of rotatable bonds is 1. The molecule has 4 aromatic rings. The summed E-state index contributed by atoms with van der Waals surface area (Å²) in [6.07, 6.45) is 0. The van der Waals surface area contributed by atoms with Crippen molar-refractivity contribution in [2.24, 2.45) is 0 Å². The molecule has 0 unspecified atom stereocenters. The van der Waals surface area contributed by atoms with Crippen molar-refractivity contribution in [3.8, 4) is 11.3 Å². The monoisotopic (exact) mass is 277 g/mol. The lowest BCUT2D eigenvalue weighted by molar-refractivity contribution is 1.45. The minimum atomic E-state index is 0.760. The van der Waals surface area contributed by atoms with Crippen LogP contribution in [0.3, 0.4) is 0 Å². The van der Waals surface area contributed by atoms with E-state index in [9.17, 15) is 0 Å². The molecule has 0 saturated heterocycles. The summed E-state index contributed by atoms with van der Waals surface area (Å²) in [5.74, 6) is 0. The number of halogens is 1. The Bertz CT molecular complexity index is 904. The highest BCUT2D eigenvalue weighted by molar-refractivity contribution is 6.30. The third kappa shape index (κ3) is 1.79. The van der Waals surface area contributed by atoms with Crippen LogP contribution in [-0.2, 0) is 0 Å². The fraction of sp³-hybridized carbons (Fsp3) is 0. The van der Waals surface area contributed by atoms with Crippen LogP contribution in [0.15, 0.2) is 66.7 Å². The molecule has 0 spiro atoms. The summed E-state index contributed by atoms with van der Waals surface area (Å²) in [5, 5.41) is 4.56. The molecule has 0 aliphatic heterocycles. The Morgan fingerprint density at radius 1 is 0.750 bits per heavy atom. The standard InChI is InChI=1S/C18H12ClN/c19-14-8-5-13(6-9-14)18-11-16-15-4-2-1-3-12(15)7-10-17(16)20-18/h1-11,20H. The summed E-state index contributed by atoms with van der Waals surface area (Å²) in [6, 6.07) is 22.9. The van der Waals surface area contributed by atoms with Crippen LogP contribution in [0, 0.1) is 0 Å². The lowest BCUT2D eigenvalue weighted by Gasteiger charge is -1.97. The number of benzene rings is 3. The molecule has 0 aliphatic rings. The molecular weight excluding hydrogens is 266 g/mol. The second-order valence-corrected chi connectivity index (χ2v) is 5.37. The molecule has 4 rings (SSSR count). The third-order valence-electron chi connectivity index (χ3n) is 3.68. The fourth-order valence-electron chi connectivity index (χ4n) is 2.67. The van der Waals surface area contributed by atoms with Crippen LogP contribution in [0.1, 0.15) is 0 Å². The topological polar surface area (TPSA) is 15.8 Å². The Hall–Kier alpha value is -2.25. The van der Waals surface area contributed by atoms with Crippen molar-refractivity contribution in [1.82, 2.24) is 4.98 Å². The van der Waals surface area contributed by atoms with Crippen molar-refractivity contribution in [2.45, 2.75) is 0 Å². The third-order valence-corrected chi connectivity index (χ3v) is 3.94. The molecule has 1 aromatic heterocycles. The number of H-pyrrole nitrogens is 1. The first-order chi connectivity index (χ1) is 9.81. The maximum Gasteiger partial charge on any atom is 0.0465 e. The van der Waals surface area contributed by atoms with E-state index in [1.807, 2.05) is 24.3 Å². The Morgan fingerprint density at radius 3 is 2.40 bits per heavy atom.